The number of furan rings is 1. The molecule has 9 rings (SSSR count). The van der Waals surface area contributed by atoms with E-state index < -0.39 is 0 Å². The summed E-state index contributed by atoms with van der Waals surface area (Å²) in [6, 6.07) is 62.6. The van der Waals surface area contributed by atoms with Crippen LogP contribution in [0.15, 0.2) is 180 Å². The van der Waals surface area contributed by atoms with Gasteiger partial charge in [0.2, 0.25) is 0 Å². The van der Waals surface area contributed by atoms with Crippen molar-refractivity contribution in [2.24, 2.45) is 0 Å². The Morgan fingerprint density at radius 3 is 1.83 bits per heavy atom. The van der Waals surface area contributed by atoms with E-state index in [1.165, 1.54) is 32.3 Å². The van der Waals surface area contributed by atoms with E-state index in [4.69, 9.17) is 4.42 Å². The molecule has 9 aromatic rings. The maximum absolute atomic E-state index is 6.67. The van der Waals surface area contributed by atoms with Gasteiger partial charge in [-0.25, -0.2) is 0 Å². The van der Waals surface area contributed by atoms with Crippen molar-refractivity contribution in [2.45, 2.75) is 0 Å². The largest absolute Gasteiger partial charge is 0.455 e. The summed E-state index contributed by atoms with van der Waals surface area (Å²) in [7, 11) is 0. The van der Waals surface area contributed by atoms with Gasteiger partial charge in [-0.1, -0.05) is 146 Å². The average molecular weight is 588 g/mol. The lowest BCUT2D eigenvalue weighted by molar-refractivity contribution is 0.632. The summed E-state index contributed by atoms with van der Waals surface area (Å²) in [5, 5.41) is 8.41. The molecular weight excluding hydrogens is 558 g/mol. The van der Waals surface area contributed by atoms with Crippen molar-refractivity contribution in [2.75, 3.05) is 4.90 Å². The van der Waals surface area contributed by atoms with E-state index in [0.717, 1.165) is 50.5 Å². The zero-order valence-electron chi connectivity index (χ0n) is 25.1. The second kappa shape index (κ2) is 10.8. The zero-order valence-corrected chi connectivity index (χ0v) is 25.1. The quantitative estimate of drug-likeness (QED) is 0.186. The molecule has 0 bridgehead atoms. The summed E-state index contributed by atoms with van der Waals surface area (Å²) < 4.78 is 6.67. The molecule has 2 heteroatoms. The maximum atomic E-state index is 6.67. The van der Waals surface area contributed by atoms with Gasteiger partial charge in [-0.2, -0.15) is 0 Å². The lowest BCUT2D eigenvalue weighted by Crippen LogP contribution is -2.11. The molecule has 216 valence electrons. The Labute approximate surface area is 267 Å². The lowest BCUT2D eigenvalue weighted by atomic mass is 9.97. The van der Waals surface area contributed by atoms with Crippen LogP contribution in [0.4, 0.5) is 17.1 Å². The van der Waals surface area contributed by atoms with Crippen molar-refractivity contribution in [1.29, 1.82) is 0 Å². The molecule has 0 radical (unpaired) electrons. The highest BCUT2D eigenvalue weighted by molar-refractivity contribution is 6.15. The molecule has 8 aromatic carbocycles. The van der Waals surface area contributed by atoms with E-state index in [1.807, 2.05) is 6.07 Å². The van der Waals surface area contributed by atoms with Gasteiger partial charge in [0.1, 0.15) is 11.3 Å². The highest BCUT2D eigenvalue weighted by atomic mass is 16.3. The maximum Gasteiger partial charge on any atom is 0.143 e. The number of anilines is 3. The molecule has 0 N–H and O–H groups in total. The van der Waals surface area contributed by atoms with Crippen molar-refractivity contribution < 1.29 is 4.42 Å². The number of nitrogens with zero attached hydrogens (tertiary/aromatic N) is 1. The summed E-state index contributed by atoms with van der Waals surface area (Å²) in [4.78, 5) is 2.42. The number of para-hydroxylation sites is 1. The fourth-order valence-electron chi connectivity index (χ4n) is 6.96. The van der Waals surface area contributed by atoms with E-state index in [0.29, 0.717) is 0 Å². The third-order valence-corrected chi connectivity index (χ3v) is 9.02. The van der Waals surface area contributed by atoms with Gasteiger partial charge in [0, 0.05) is 33.0 Å². The van der Waals surface area contributed by atoms with Crippen molar-refractivity contribution in [3.05, 3.63) is 176 Å². The highest BCUT2D eigenvalue weighted by Crippen LogP contribution is 2.46. The van der Waals surface area contributed by atoms with Gasteiger partial charge >= 0.3 is 0 Å². The number of hydrogen-bond acceptors (Lipinski definition) is 2. The predicted octanol–water partition coefficient (Wildman–Crippen LogP) is 12.7. The minimum absolute atomic E-state index is 0.871. The molecule has 0 fully saturated rings. The summed E-state index contributed by atoms with van der Waals surface area (Å²) >= 11 is 0. The SMILES string of the molecule is c1ccc(-c2c(-c3cccc(N(c4cccc5ccccc45)c4cc5ccccc5c5ccccc45)c3)oc3ccccc23)cc1. The van der Waals surface area contributed by atoms with Gasteiger partial charge < -0.3 is 9.32 Å². The predicted molar refractivity (Wildman–Crippen MR) is 194 cm³/mol. The van der Waals surface area contributed by atoms with Crippen LogP contribution < -0.4 is 4.90 Å². The molecule has 0 aliphatic carbocycles. The van der Waals surface area contributed by atoms with E-state index in [9.17, 15) is 0 Å². The van der Waals surface area contributed by atoms with Gasteiger partial charge in [-0.05, 0) is 57.4 Å². The minimum Gasteiger partial charge on any atom is -0.455 e. The van der Waals surface area contributed by atoms with E-state index in [2.05, 4.69) is 175 Å². The molecule has 1 aromatic heterocycles. The zero-order chi connectivity index (χ0) is 30.5. The fraction of sp³-hybridized carbons (Fsp3) is 0. The minimum atomic E-state index is 0.871. The molecule has 0 unspecified atom stereocenters. The molecule has 0 aliphatic rings. The summed E-state index contributed by atoms with van der Waals surface area (Å²) in [5.74, 6) is 0.871. The van der Waals surface area contributed by atoms with Crippen molar-refractivity contribution in [1.82, 2.24) is 0 Å². The van der Waals surface area contributed by atoms with Crippen LogP contribution in [0.25, 0.3) is 65.7 Å². The van der Waals surface area contributed by atoms with Crippen LogP contribution >= 0.6 is 0 Å². The van der Waals surface area contributed by atoms with Gasteiger partial charge in [-0.15, -0.1) is 0 Å². The third kappa shape index (κ3) is 4.27. The summed E-state index contributed by atoms with van der Waals surface area (Å²) in [5.41, 5.74) is 7.49. The number of fused-ring (bicyclic) bond motifs is 5. The van der Waals surface area contributed by atoms with Crippen LogP contribution in [0.2, 0.25) is 0 Å². The third-order valence-electron chi connectivity index (χ3n) is 9.02. The van der Waals surface area contributed by atoms with Crippen LogP contribution in [0.1, 0.15) is 0 Å². The Hall–Kier alpha value is -6.12. The fourth-order valence-corrected chi connectivity index (χ4v) is 6.96. The average Bonchev–Trinajstić information content (AvgIpc) is 3.52. The molecule has 0 saturated carbocycles. The van der Waals surface area contributed by atoms with Crippen LogP contribution in [-0.2, 0) is 0 Å². The summed E-state index contributed by atoms with van der Waals surface area (Å²) in [6.45, 7) is 0. The number of benzene rings is 8. The molecule has 2 nitrogen and oxygen atoms in total. The first-order chi connectivity index (χ1) is 22.8. The van der Waals surface area contributed by atoms with Crippen molar-refractivity contribution in [3.8, 4) is 22.5 Å². The van der Waals surface area contributed by atoms with Crippen molar-refractivity contribution in [3.63, 3.8) is 0 Å². The van der Waals surface area contributed by atoms with E-state index in [1.54, 1.807) is 0 Å². The smallest absolute Gasteiger partial charge is 0.143 e. The molecule has 0 aliphatic heterocycles. The van der Waals surface area contributed by atoms with Gasteiger partial charge in [-0.3, -0.25) is 0 Å². The lowest BCUT2D eigenvalue weighted by Gasteiger charge is -2.29. The van der Waals surface area contributed by atoms with E-state index >= 15 is 0 Å². The molecule has 0 saturated heterocycles. The first-order valence-corrected chi connectivity index (χ1v) is 15.7. The first kappa shape index (κ1) is 26.3. The first-order valence-electron chi connectivity index (χ1n) is 15.7. The van der Waals surface area contributed by atoms with Crippen molar-refractivity contribution >= 4 is 60.3 Å². The Balaban J connectivity index is 1.34. The van der Waals surface area contributed by atoms with Crippen LogP contribution in [0, 0.1) is 0 Å². The van der Waals surface area contributed by atoms with Gasteiger partial charge in [0.15, 0.2) is 0 Å². The number of hydrogen-bond donors (Lipinski definition) is 0. The Kier molecular flexibility index (Phi) is 6.17. The molecule has 46 heavy (non-hydrogen) atoms. The van der Waals surface area contributed by atoms with Gasteiger partial charge in [0.05, 0.1) is 11.4 Å². The van der Waals surface area contributed by atoms with Crippen LogP contribution in [0.5, 0.6) is 0 Å². The number of rotatable bonds is 5. The molecule has 0 atom stereocenters. The molecular formula is C44H29NO. The molecule has 0 amide bonds. The molecule has 1 heterocycles. The molecule has 0 spiro atoms. The van der Waals surface area contributed by atoms with Crippen LogP contribution in [0.3, 0.4) is 0 Å². The Bertz CT molecular complexity index is 2540. The monoisotopic (exact) mass is 587 g/mol. The Morgan fingerprint density at radius 1 is 0.370 bits per heavy atom. The Morgan fingerprint density at radius 2 is 0.978 bits per heavy atom. The van der Waals surface area contributed by atoms with Gasteiger partial charge in [0.25, 0.3) is 0 Å². The topological polar surface area (TPSA) is 16.4 Å². The second-order valence-electron chi connectivity index (χ2n) is 11.7. The second-order valence-corrected chi connectivity index (χ2v) is 11.7. The summed E-state index contributed by atoms with van der Waals surface area (Å²) in [6.07, 6.45) is 0. The van der Waals surface area contributed by atoms with E-state index in [-0.39, 0.29) is 0 Å². The highest BCUT2D eigenvalue weighted by Gasteiger charge is 2.22. The van der Waals surface area contributed by atoms with Crippen LogP contribution in [-0.4, -0.2) is 0 Å². The normalized spacial score (nSPS) is 11.5. The standard InChI is InChI=1S/C44H29NO/c1-2-15-31(16-3-1)43-39-25-10-11-27-42(39)46-44(43)33-19-12-20-34(28-33)45(40-26-13-18-30-14-4-7-22-36(30)40)41-29-32-17-5-6-21-35(32)37-23-8-9-24-38(37)41/h1-29H.